The Hall–Kier alpha value is -3.04. The number of carbonyl (C=O) groups is 1. The predicted molar refractivity (Wildman–Crippen MR) is 104 cm³/mol. The van der Waals surface area contributed by atoms with Gasteiger partial charge in [-0.2, -0.15) is 23.1 Å². The lowest BCUT2D eigenvalue weighted by molar-refractivity contribution is -0.137. The van der Waals surface area contributed by atoms with Gasteiger partial charge in [0.05, 0.1) is 5.56 Å². The topological polar surface area (TPSA) is 96.2 Å². The van der Waals surface area contributed by atoms with Crippen molar-refractivity contribution in [3.05, 3.63) is 41.5 Å². The van der Waals surface area contributed by atoms with Gasteiger partial charge < -0.3 is 21.3 Å². The average molecular weight is 408 g/mol. The number of anilines is 3. The highest BCUT2D eigenvalue weighted by molar-refractivity contribution is 5.78. The molecule has 0 unspecified atom stereocenters. The van der Waals surface area contributed by atoms with Crippen molar-refractivity contribution in [2.45, 2.75) is 32.0 Å². The first-order valence-corrected chi connectivity index (χ1v) is 9.37. The lowest BCUT2D eigenvalue weighted by Crippen LogP contribution is -2.27. The number of hydrogen-bond acceptors (Lipinski definition) is 6. The van der Waals surface area contributed by atoms with Gasteiger partial charge in [0.2, 0.25) is 11.9 Å². The van der Waals surface area contributed by atoms with E-state index in [4.69, 9.17) is 5.73 Å². The highest BCUT2D eigenvalue weighted by Crippen LogP contribution is 2.29. The van der Waals surface area contributed by atoms with Gasteiger partial charge in [0, 0.05) is 38.7 Å². The van der Waals surface area contributed by atoms with Crippen LogP contribution in [0.4, 0.5) is 30.8 Å². The fourth-order valence-electron chi connectivity index (χ4n) is 3.12. The van der Waals surface area contributed by atoms with Crippen molar-refractivity contribution >= 4 is 23.5 Å². The monoisotopic (exact) mass is 408 g/mol. The molecular formula is C19H23F3N6O. The number of rotatable bonds is 8. The fraction of sp³-hybridized carbons (Fsp3) is 0.421. The number of likely N-dealkylation sites (tertiary alicyclic amines) is 1. The molecule has 1 aliphatic rings. The first-order valence-electron chi connectivity index (χ1n) is 9.37. The van der Waals surface area contributed by atoms with Crippen LogP contribution in [0, 0.1) is 0 Å². The van der Waals surface area contributed by atoms with Crippen LogP contribution in [0.3, 0.4) is 0 Å². The van der Waals surface area contributed by atoms with E-state index in [9.17, 15) is 18.0 Å². The van der Waals surface area contributed by atoms with Gasteiger partial charge in [-0.3, -0.25) is 4.79 Å². The van der Waals surface area contributed by atoms with Crippen LogP contribution in [0.1, 0.15) is 30.4 Å². The van der Waals surface area contributed by atoms with Gasteiger partial charge in [-0.05, 0) is 30.5 Å². The van der Waals surface area contributed by atoms with E-state index in [0.29, 0.717) is 36.7 Å². The molecule has 7 nitrogen and oxygen atoms in total. The first kappa shape index (κ1) is 20.7. The number of carbonyl (C=O) groups excluding carboxylic acids is 1. The van der Waals surface area contributed by atoms with Crippen LogP contribution < -0.4 is 16.4 Å². The minimum atomic E-state index is -4.38. The molecule has 1 fully saturated rings. The number of alkyl halides is 3. The van der Waals surface area contributed by atoms with Gasteiger partial charge >= 0.3 is 6.18 Å². The highest BCUT2D eigenvalue weighted by atomic mass is 19.4. The molecular weight excluding hydrogens is 385 g/mol. The van der Waals surface area contributed by atoms with Crippen molar-refractivity contribution in [2.75, 3.05) is 36.0 Å². The number of amides is 1. The summed E-state index contributed by atoms with van der Waals surface area (Å²) in [5.41, 5.74) is 5.51. The van der Waals surface area contributed by atoms with Gasteiger partial charge in [0.15, 0.2) is 0 Å². The van der Waals surface area contributed by atoms with Crippen LogP contribution in [0.5, 0.6) is 0 Å². The number of halogens is 3. The summed E-state index contributed by atoms with van der Waals surface area (Å²) in [7, 11) is 0. The zero-order valence-corrected chi connectivity index (χ0v) is 15.8. The molecule has 0 radical (unpaired) electrons. The van der Waals surface area contributed by atoms with E-state index < -0.39 is 11.7 Å². The van der Waals surface area contributed by atoms with E-state index in [1.807, 2.05) is 4.90 Å². The SMILES string of the molecule is Nc1nc(NCCCN2CCCC2=O)cc(NCc2cccc(C(F)(F)F)c2)n1. The summed E-state index contributed by atoms with van der Waals surface area (Å²) in [6, 6.07) is 6.74. The Bertz CT molecular complexity index is 858. The Labute approximate surface area is 166 Å². The van der Waals surface area contributed by atoms with Gasteiger partial charge in [-0.1, -0.05) is 12.1 Å². The number of hydrogen-bond donors (Lipinski definition) is 3. The quantitative estimate of drug-likeness (QED) is 0.581. The van der Waals surface area contributed by atoms with Crippen molar-refractivity contribution in [3.8, 4) is 0 Å². The Morgan fingerprint density at radius 1 is 1.14 bits per heavy atom. The number of benzene rings is 1. The maximum atomic E-state index is 12.8. The second-order valence-electron chi connectivity index (χ2n) is 6.81. The van der Waals surface area contributed by atoms with E-state index >= 15 is 0 Å². The molecule has 156 valence electrons. The molecule has 2 aromatic rings. The maximum Gasteiger partial charge on any atom is 0.416 e. The molecule has 0 bridgehead atoms. The average Bonchev–Trinajstić information content (AvgIpc) is 3.08. The molecule has 0 spiro atoms. The second-order valence-corrected chi connectivity index (χ2v) is 6.81. The standard InChI is InChI=1S/C19H23F3N6O/c20-19(21,22)14-5-1-4-13(10-14)12-25-16-11-15(26-18(23)27-16)24-7-3-9-28-8-2-6-17(28)29/h1,4-5,10-11H,2-3,6-9,12H2,(H4,23,24,25,26,27). The van der Waals surface area contributed by atoms with E-state index in [1.54, 1.807) is 12.1 Å². The van der Waals surface area contributed by atoms with Crippen LogP contribution in [0.2, 0.25) is 0 Å². The summed E-state index contributed by atoms with van der Waals surface area (Å²) >= 11 is 0. The van der Waals surface area contributed by atoms with Gasteiger partial charge in [-0.15, -0.1) is 0 Å². The van der Waals surface area contributed by atoms with Crippen molar-refractivity contribution in [1.29, 1.82) is 0 Å². The third-order valence-corrected chi connectivity index (χ3v) is 4.55. The molecule has 1 saturated heterocycles. The van der Waals surface area contributed by atoms with Crippen LogP contribution in [-0.2, 0) is 17.5 Å². The molecule has 2 heterocycles. The zero-order chi connectivity index (χ0) is 20.9. The van der Waals surface area contributed by atoms with E-state index in [2.05, 4.69) is 20.6 Å². The van der Waals surface area contributed by atoms with Gasteiger partial charge in [0.1, 0.15) is 11.6 Å². The zero-order valence-electron chi connectivity index (χ0n) is 15.8. The normalized spacial score (nSPS) is 14.3. The Kier molecular flexibility index (Phi) is 6.40. The van der Waals surface area contributed by atoms with E-state index in [0.717, 1.165) is 31.5 Å². The Morgan fingerprint density at radius 3 is 2.59 bits per heavy atom. The molecule has 4 N–H and O–H groups in total. The van der Waals surface area contributed by atoms with E-state index in [-0.39, 0.29) is 18.4 Å². The van der Waals surface area contributed by atoms with Gasteiger partial charge in [-0.25, -0.2) is 0 Å². The molecule has 0 atom stereocenters. The summed E-state index contributed by atoms with van der Waals surface area (Å²) in [5, 5.41) is 6.10. The molecule has 10 heteroatoms. The number of nitrogens with zero attached hydrogens (tertiary/aromatic N) is 3. The number of nitrogens with two attached hydrogens (primary N) is 1. The fourth-order valence-corrected chi connectivity index (χ4v) is 3.12. The van der Waals surface area contributed by atoms with Crippen molar-refractivity contribution in [1.82, 2.24) is 14.9 Å². The number of nitrogen functional groups attached to an aromatic ring is 1. The second kappa shape index (κ2) is 8.97. The molecule has 3 rings (SSSR count). The Morgan fingerprint density at radius 2 is 1.90 bits per heavy atom. The third-order valence-electron chi connectivity index (χ3n) is 4.55. The minimum absolute atomic E-state index is 0.0521. The third kappa shape index (κ3) is 5.97. The van der Waals surface area contributed by atoms with Crippen LogP contribution >= 0.6 is 0 Å². The molecule has 1 aliphatic heterocycles. The summed E-state index contributed by atoms with van der Waals surface area (Å²) in [5.74, 6) is 1.16. The molecule has 0 saturated carbocycles. The van der Waals surface area contributed by atoms with Crippen molar-refractivity contribution in [3.63, 3.8) is 0 Å². The summed E-state index contributed by atoms with van der Waals surface area (Å²) in [4.78, 5) is 21.6. The smallest absolute Gasteiger partial charge is 0.370 e. The van der Waals surface area contributed by atoms with Crippen molar-refractivity contribution < 1.29 is 18.0 Å². The van der Waals surface area contributed by atoms with Crippen LogP contribution in [0.25, 0.3) is 0 Å². The van der Waals surface area contributed by atoms with E-state index in [1.165, 1.54) is 6.07 Å². The van der Waals surface area contributed by atoms with Gasteiger partial charge in [0.25, 0.3) is 0 Å². The predicted octanol–water partition coefficient (Wildman–Crippen LogP) is 3.11. The Balaban J connectivity index is 1.53. The summed E-state index contributed by atoms with van der Waals surface area (Å²) < 4.78 is 38.5. The molecule has 0 aliphatic carbocycles. The lowest BCUT2D eigenvalue weighted by Gasteiger charge is -2.15. The molecule has 1 aromatic carbocycles. The first-order chi connectivity index (χ1) is 13.8. The lowest BCUT2D eigenvalue weighted by atomic mass is 10.1. The van der Waals surface area contributed by atoms with Crippen molar-refractivity contribution in [2.24, 2.45) is 0 Å². The van der Waals surface area contributed by atoms with Crippen LogP contribution in [-0.4, -0.2) is 40.4 Å². The molecule has 1 amide bonds. The van der Waals surface area contributed by atoms with Crippen LogP contribution in [0.15, 0.2) is 30.3 Å². The summed E-state index contributed by atoms with van der Waals surface area (Å²) in [6.07, 6.45) is -2.08. The maximum absolute atomic E-state index is 12.8. The highest BCUT2D eigenvalue weighted by Gasteiger charge is 2.30. The number of nitrogens with one attached hydrogen (secondary N) is 2. The minimum Gasteiger partial charge on any atom is -0.370 e. The molecule has 29 heavy (non-hydrogen) atoms. The number of aromatic nitrogens is 2. The summed E-state index contributed by atoms with van der Waals surface area (Å²) in [6.45, 7) is 2.26. The largest absolute Gasteiger partial charge is 0.416 e. The molecule has 1 aromatic heterocycles.